The third kappa shape index (κ3) is 4.08. The monoisotopic (exact) mass is 256 g/mol. The van der Waals surface area contributed by atoms with Gasteiger partial charge in [0.05, 0.1) is 6.10 Å². The minimum atomic E-state index is -0.421. The van der Waals surface area contributed by atoms with Crippen molar-refractivity contribution in [1.82, 2.24) is 14.5 Å². The molecule has 0 saturated heterocycles. The third-order valence-electron chi connectivity index (χ3n) is 2.86. The zero-order valence-corrected chi connectivity index (χ0v) is 11.0. The molecule has 0 aliphatic heterocycles. The van der Waals surface area contributed by atoms with Crippen LogP contribution in [0.3, 0.4) is 0 Å². The highest BCUT2D eigenvalue weighted by molar-refractivity contribution is 5.18. The van der Waals surface area contributed by atoms with Crippen LogP contribution in [0.15, 0.2) is 6.20 Å². The van der Waals surface area contributed by atoms with Crippen LogP contribution in [0.25, 0.3) is 0 Å². The van der Waals surface area contributed by atoms with Crippen molar-refractivity contribution in [3.05, 3.63) is 22.1 Å². The van der Waals surface area contributed by atoms with Gasteiger partial charge >= 0.3 is 5.82 Å². The lowest BCUT2D eigenvalue weighted by atomic mass is 10.3. The number of aromatic nitrogens is 2. The van der Waals surface area contributed by atoms with Crippen molar-refractivity contribution in [2.45, 2.75) is 32.9 Å². The van der Waals surface area contributed by atoms with Gasteiger partial charge in [-0.15, -0.1) is 0 Å². The van der Waals surface area contributed by atoms with E-state index in [1.54, 1.807) is 18.4 Å². The van der Waals surface area contributed by atoms with Gasteiger partial charge in [0.25, 0.3) is 0 Å². The molecule has 7 heteroatoms. The Morgan fingerprint density at radius 1 is 1.61 bits per heavy atom. The van der Waals surface area contributed by atoms with Crippen LogP contribution in [-0.4, -0.2) is 50.7 Å². The van der Waals surface area contributed by atoms with Crippen molar-refractivity contribution in [3.8, 4) is 0 Å². The Balaban J connectivity index is 2.52. The summed E-state index contributed by atoms with van der Waals surface area (Å²) in [7, 11) is 1.93. The second-order valence-corrected chi connectivity index (χ2v) is 4.51. The average molecular weight is 256 g/mol. The lowest BCUT2D eigenvalue weighted by Gasteiger charge is -2.16. The molecule has 102 valence electrons. The number of aliphatic hydroxyl groups is 1. The highest BCUT2D eigenvalue weighted by atomic mass is 16.6. The van der Waals surface area contributed by atoms with E-state index in [-0.39, 0.29) is 11.9 Å². The van der Waals surface area contributed by atoms with Gasteiger partial charge in [-0.1, -0.05) is 0 Å². The summed E-state index contributed by atoms with van der Waals surface area (Å²) < 4.78 is 1.60. The molecule has 0 saturated carbocycles. The summed E-state index contributed by atoms with van der Waals surface area (Å²) in [5.41, 5.74) is 0. The molecule has 0 fully saturated rings. The molecule has 1 unspecified atom stereocenters. The van der Waals surface area contributed by atoms with E-state index in [2.05, 4.69) is 4.98 Å². The van der Waals surface area contributed by atoms with Crippen LogP contribution in [0, 0.1) is 17.0 Å². The first kappa shape index (κ1) is 14.6. The van der Waals surface area contributed by atoms with E-state index < -0.39 is 4.92 Å². The fourth-order valence-electron chi connectivity index (χ4n) is 1.67. The number of imidazole rings is 1. The molecule has 1 N–H and O–H groups in total. The van der Waals surface area contributed by atoms with Gasteiger partial charge in [0.2, 0.25) is 0 Å². The van der Waals surface area contributed by atoms with E-state index in [0.29, 0.717) is 25.3 Å². The van der Waals surface area contributed by atoms with Crippen LogP contribution in [0.2, 0.25) is 0 Å². The predicted octanol–water partition coefficient (Wildman–Crippen LogP) is 0.802. The van der Waals surface area contributed by atoms with Crippen LogP contribution in [-0.2, 0) is 6.54 Å². The average Bonchev–Trinajstić information content (AvgIpc) is 2.65. The Morgan fingerprint density at radius 2 is 2.28 bits per heavy atom. The minimum Gasteiger partial charge on any atom is -0.393 e. The fraction of sp³-hybridized carbons (Fsp3) is 0.727. The van der Waals surface area contributed by atoms with Crippen LogP contribution in [0.1, 0.15) is 19.2 Å². The first-order chi connectivity index (χ1) is 8.41. The molecule has 0 aliphatic rings. The zero-order valence-electron chi connectivity index (χ0n) is 11.0. The number of hydrogen-bond donors (Lipinski definition) is 1. The standard InChI is InChI=1S/C11H20N4O3/c1-9(16)4-5-13(3)6-7-14-10(2)12-8-11(14)15(17)18/h8-9,16H,4-7H2,1-3H3. The van der Waals surface area contributed by atoms with Crippen molar-refractivity contribution in [2.75, 3.05) is 20.1 Å². The van der Waals surface area contributed by atoms with E-state index in [9.17, 15) is 15.2 Å². The highest BCUT2D eigenvalue weighted by Gasteiger charge is 2.17. The third-order valence-corrected chi connectivity index (χ3v) is 2.86. The molecule has 0 amide bonds. The summed E-state index contributed by atoms with van der Waals surface area (Å²) in [6.07, 6.45) is 1.66. The lowest BCUT2D eigenvalue weighted by molar-refractivity contribution is -0.392. The smallest absolute Gasteiger partial charge is 0.342 e. The molecule has 7 nitrogen and oxygen atoms in total. The molecular formula is C11H20N4O3. The molecule has 1 aromatic heterocycles. The highest BCUT2D eigenvalue weighted by Crippen LogP contribution is 2.13. The summed E-state index contributed by atoms with van der Waals surface area (Å²) in [5, 5.41) is 20.0. The maximum atomic E-state index is 10.8. The molecule has 0 radical (unpaired) electrons. The number of likely N-dealkylation sites (N-methyl/N-ethyl adjacent to an activating group) is 1. The number of nitrogens with zero attached hydrogens (tertiary/aromatic N) is 4. The largest absolute Gasteiger partial charge is 0.393 e. The van der Waals surface area contributed by atoms with Crippen molar-refractivity contribution in [1.29, 1.82) is 0 Å². The van der Waals surface area contributed by atoms with Gasteiger partial charge in [-0.2, -0.15) is 0 Å². The molecular weight excluding hydrogens is 236 g/mol. The van der Waals surface area contributed by atoms with E-state index in [4.69, 9.17) is 0 Å². The number of nitro groups is 1. The zero-order chi connectivity index (χ0) is 13.7. The summed E-state index contributed by atoms with van der Waals surface area (Å²) in [6, 6.07) is 0. The topological polar surface area (TPSA) is 84.4 Å². The van der Waals surface area contributed by atoms with Gasteiger partial charge in [-0.25, -0.2) is 9.55 Å². The molecule has 0 bridgehead atoms. The maximum Gasteiger partial charge on any atom is 0.342 e. The molecule has 1 rings (SSSR count). The Bertz CT molecular complexity index is 403. The Kier molecular flexibility index (Phi) is 5.24. The van der Waals surface area contributed by atoms with Gasteiger partial charge in [0.1, 0.15) is 12.7 Å². The summed E-state index contributed by atoms with van der Waals surface area (Å²) in [6.45, 7) is 5.48. The summed E-state index contributed by atoms with van der Waals surface area (Å²) >= 11 is 0. The first-order valence-corrected chi connectivity index (χ1v) is 5.95. The van der Waals surface area contributed by atoms with Gasteiger partial charge in [-0.05, 0) is 25.3 Å². The number of hydrogen-bond acceptors (Lipinski definition) is 5. The number of aryl methyl sites for hydroxylation is 1. The van der Waals surface area contributed by atoms with Crippen molar-refractivity contribution in [3.63, 3.8) is 0 Å². The van der Waals surface area contributed by atoms with Gasteiger partial charge in [-0.3, -0.25) is 0 Å². The molecule has 1 heterocycles. The fourth-order valence-corrected chi connectivity index (χ4v) is 1.67. The van der Waals surface area contributed by atoms with E-state index in [0.717, 1.165) is 6.54 Å². The molecule has 0 aromatic carbocycles. The summed E-state index contributed by atoms with van der Waals surface area (Å²) in [4.78, 5) is 16.4. The molecule has 1 atom stereocenters. The molecule has 0 aliphatic carbocycles. The Hall–Kier alpha value is -1.47. The molecule has 0 spiro atoms. The van der Waals surface area contributed by atoms with Crippen LogP contribution < -0.4 is 0 Å². The van der Waals surface area contributed by atoms with Crippen molar-refractivity contribution in [2.24, 2.45) is 0 Å². The minimum absolute atomic E-state index is 0.0245. The van der Waals surface area contributed by atoms with E-state index in [1.165, 1.54) is 6.20 Å². The SMILES string of the molecule is Cc1ncc([N+](=O)[O-])n1CCN(C)CCC(C)O. The molecule has 1 aromatic rings. The predicted molar refractivity (Wildman–Crippen MR) is 67.4 cm³/mol. The van der Waals surface area contributed by atoms with Crippen molar-refractivity contribution < 1.29 is 10.0 Å². The van der Waals surface area contributed by atoms with Crippen LogP contribution >= 0.6 is 0 Å². The Labute approximate surface area is 106 Å². The lowest BCUT2D eigenvalue weighted by Crippen LogP contribution is -2.26. The first-order valence-electron chi connectivity index (χ1n) is 5.95. The number of rotatable bonds is 7. The number of aliphatic hydroxyl groups excluding tert-OH is 1. The Morgan fingerprint density at radius 3 is 2.83 bits per heavy atom. The van der Waals surface area contributed by atoms with E-state index >= 15 is 0 Å². The summed E-state index contributed by atoms with van der Waals surface area (Å²) in [5.74, 6) is 0.669. The normalized spacial score (nSPS) is 12.9. The van der Waals surface area contributed by atoms with Gasteiger partial charge in [0.15, 0.2) is 5.82 Å². The van der Waals surface area contributed by atoms with Crippen LogP contribution in [0.5, 0.6) is 0 Å². The van der Waals surface area contributed by atoms with E-state index in [1.807, 2.05) is 11.9 Å². The molecule has 18 heavy (non-hydrogen) atoms. The van der Waals surface area contributed by atoms with Gasteiger partial charge in [0, 0.05) is 20.0 Å². The van der Waals surface area contributed by atoms with Crippen molar-refractivity contribution >= 4 is 5.82 Å². The second kappa shape index (κ2) is 6.46. The van der Waals surface area contributed by atoms with Gasteiger partial charge < -0.3 is 20.1 Å². The quantitative estimate of drug-likeness (QED) is 0.576. The van der Waals surface area contributed by atoms with Crippen LogP contribution in [0.4, 0.5) is 5.82 Å². The maximum absolute atomic E-state index is 10.8. The second-order valence-electron chi connectivity index (χ2n) is 4.51.